The van der Waals surface area contributed by atoms with Crippen molar-refractivity contribution < 1.29 is 18.3 Å². The quantitative estimate of drug-likeness (QED) is 0.882. The number of carbonyl (C=O) groups is 1. The third-order valence-corrected chi connectivity index (χ3v) is 3.97. The lowest BCUT2D eigenvalue weighted by Crippen LogP contribution is -2.42. The molecule has 3 nitrogen and oxygen atoms in total. The number of benzene rings is 2. The summed E-state index contributed by atoms with van der Waals surface area (Å²) in [5.74, 6) is -2.21. The first-order valence-corrected chi connectivity index (χ1v) is 7.36. The van der Waals surface area contributed by atoms with Gasteiger partial charge in [-0.15, -0.1) is 0 Å². The molecule has 0 saturated heterocycles. The highest BCUT2D eigenvalue weighted by atomic mass is 19.1. The molecule has 0 aromatic heterocycles. The van der Waals surface area contributed by atoms with Gasteiger partial charge in [0, 0.05) is 13.2 Å². The van der Waals surface area contributed by atoms with E-state index in [1.54, 1.807) is 7.11 Å². The Labute approximate surface area is 134 Å². The van der Waals surface area contributed by atoms with E-state index in [0.717, 1.165) is 17.7 Å². The molecule has 0 bridgehead atoms. The molecule has 0 aliphatic carbocycles. The molecule has 0 spiro atoms. The molecular weight excluding hydrogens is 300 g/mol. The van der Waals surface area contributed by atoms with Crippen LogP contribution in [0.1, 0.15) is 29.3 Å². The maximum atomic E-state index is 13.7. The smallest absolute Gasteiger partial charge is 0.254 e. The van der Waals surface area contributed by atoms with Crippen LogP contribution in [0.4, 0.5) is 8.78 Å². The average molecular weight is 319 g/mol. The van der Waals surface area contributed by atoms with E-state index in [1.807, 2.05) is 37.3 Å². The number of methoxy groups -OCH3 is 1. The molecule has 0 saturated carbocycles. The lowest BCUT2D eigenvalue weighted by Gasteiger charge is -2.32. The van der Waals surface area contributed by atoms with Gasteiger partial charge < -0.3 is 10.1 Å². The number of hydrogen-bond donors (Lipinski definition) is 1. The molecular formula is C18H19F2NO2. The molecule has 23 heavy (non-hydrogen) atoms. The lowest BCUT2D eigenvalue weighted by molar-refractivity contribution is -0.0164. The van der Waals surface area contributed by atoms with E-state index in [1.165, 1.54) is 0 Å². The number of rotatable bonds is 6. The number of amides is 1. The molecule has 2 rings (SSSR count). The first-order valence-electron chi connectivity index (χ1n) is 7.36. The van der Waals surface area contributed by atoms with Crippen LogP contribution in [0.15, 0.2) is 48.5 Å². The minimum absolute atomic E-state index is 0.180. The largest absolute Gasteiger partial charge is 0.372 e. The first-order chi connectivity index (χ1) is 11.0. The molecule has 1 amide bonds. The van der Waals surface area contributed by atoms with Gasteiger partial charge in [0.15, 0.2) is 0 Å². The maximum absolute atomic E-state index is 13.7. The zero-order valence-electron chi connectivity index (χ0n) is 13.1. The van der Waals surface area contributed by atoms with Gasteiger partial charge in [0.2, 0.25) is 0 Å². The van der Waals surface area contributed by atoms with Gasteiger partial charge >= 0.3 is 0 Å². The SMILES string of the molecule is CCC(CNC(=O)c1ccc(F)cc1F)(OC)c1ccccc1. The fourth-order valence-corrected chi connectivity index (χ4v) is 2.50. The van der Waals surface area contributed by atoms with Crippen LogP contribution in [0.25, 0.3) is 0 Å². The van der Waals surface area contributed by atoms with E-state index in [-0.39, 0.29) is 12.1 Å². The fraction of sp³-hybridized carbons (Fsp3) is 0.278. The number of ether oxygens (including phenoxy) is 1. The Hall–Kier alpha value is -2.27. The summed E-state index contributed by atoms with van der Waals surface area (Å²) in [6.45, 7) is 2.13. The fourth-order valence-electron chi connectivity index (χ4n) is 2.50. The van der Waals surface area contributed by atoms with Crippen molar-refractivity contribution in [1.82, 2.24) is 5.32 Å². The first kappa shape index (κ1) is 17.1. The highest BCUT2D eigenvalue weighted by Gasteiger charge is 2.31. The molecule has 1 atom stereocenters. The van der Waals surface area contributed by atoms with Gasteiger partial charge in [0.25, 0.3) is 5.91 Å². The Morgan fingerprint density at radius 2 is 1.87 bits per heavy atom. The number of hydrogen-bond acceptors (Lipinski definition) is 2. The van der Waals surface area contributed by atoms with Crippen LogP contribution in [-0.4, -0.2) is 19.6 Å². The van der Waals surface area contributed by atoms with Crippen LogP contribution in [-0.2, 0) is 10.3 Å². The Balaban J connectivity index is 2.17. The highest BCUT2D eigenvalue weighted by Crippen LogP contribution is 2.28. The topological polar surface area (TPSA) is 38.3 Å². The van der Waals surface area contributed by atoms with E-state index in [9.17, 15) is 13.6 Å². The van der Waals surface area contributed by atoms with Gasteiger partial charge in [-0.2, -0.15) is 0 Å². The van der Waals surface area contributed by atoms with Crippen LogP contribution in [0.3, 0.4) is 0 Å². The number of halogens is 2. The molecule has 5 heteroatoms. The van der Waals surface area contributed by atoms with E-state index < -0.39 is 23.1 Å². The summed E-state index contributed by atoms with van der Waals surface area (Å²) < 4.78 is 32.2. The summed E-state index contributed by atoms with van der Waals surface area (Å²) in [5, 5.41) is 2.67. The second-order valence-electron chi connectivity index (χ2n) is 5.22. The molecule has 122 valence electrons. The van der Waals surface area contributed by atoms with Gasteiger partial charge in [0.1, 0.15) is 17.2 Å². The van der Waals surface area contributed by atoms with Crippen molar-refractivity contribution in [2.45, 2.75) is 18.9 Å². The minimum Gasteiger partial charge on any atom is -0.372 e. The van der Waals surface area contributed by atoms with Crippen LogP contribution in [0.2, 0.25) is 0 Å². The third-order valence-electron chi connectivity index (χ3n) is 3.97. The third kappa shape index (κ3) is 3.74. The zero-order chi connectivity index (χ0) is 16.9. The number of nitrogens with one attached hydrogen (secondary N) is 1. The number of carbonyl (C=O) groups excluding carboxylic acids is 1. The van der Waals surface area contributed by atoms with E-state index >= 15 is 0 Å². The van der Waals surface area contributed by atoms with Crippen molar-refractivity contribution in [3.8, 4) is 0 Å². The van der Waals surface area contributed by atoms with E-state index in [4.69, 9.17) is 4.74 Å². The molecule has 0 aliphatic rings. The van der Waals surface area contributed by atoms with Crippen LogP contribution >= 0.6 is 0 Å². The standard InChI is InChI=1S/C18H19F2NO2/c1-3-18(23-2,13-7-5-4-6-8-13)12-21-17(22)15-10-9-14(19)11-16(15)20/h4-11H,3,12H2,1-2H3,(H,21,22). The summed E-state index contributed by atoms with van der Waals surface area (Å²) in [6, 6.07) is 12.4. The van der Waals surface area contributed by atoms with Crippen molar-refractivity contribution in [3.05, 3.63) is 71.3 Å². The van der Waals surface area contributed by atoms with Crippen molar-refractivity contribution >= 4 is 5.91 Å². The molecule has 0 heterocycles. The molecule has 2 aromatic rings. The molecule has 0 aliphatic heterocycles. The van der Waals surface area contributed by atoms with Crippen molar-refractivity contribution in [2.75, 3.05) is 13.7 Å². The summed E-state index contributed by atoms with van der Waals surface area (Å²) in [4.78, 5) is 12.2. The molecule has 2 aromatic carbocycles. The average Bonchev–Trinajstić information content (AvgIpc) is 2.57. The second-order valence-corrected chi connectivity index (χ2v) is 5.22. The van der Waals surface area contributed by atoms with Gasteiger partial charge in [-0.3, -0.25) is 4.79 Å². The van der Waals surface area contributed by atoms with Crippen molar-refractivity contribution in [3.63, 3.8) is 0 Å². The normalized spacial score (nSPS) is 13.4. The predicted molar refractivity (Wildman–Crippen MR) is 84.1 cm³/mol. The highest BCUT2D eigenvalue weighted by molar-refractivity contribution is 5.94. The second kappa shape index (κ2) is 7.33. The zero-order valence-corrected chi connectivity index (χ0v) is 13.1. The molecule has 1 N–H and O–H groups in total. The van der Waals surface area contributed by atoms with E-state index in [0.29, 0.717) is 12.5 Å². The van der Waals surface area contributed by atoms with Crippen LogP contribution in [0, 0.1) is 11.6 Å². The van der Waals surface area contributed by atoms with E-state index in [2.05, 4.69) is 5.32 Å². The van der Waals surface area contributed by atoms with Crippen LogP contribution < -0.4 is 5.32 Å². The van der Waals surface area contributed by atoms with Crippen LogP contribution in [0.5, 0.6) is 0 Å². The summed E-state index contributed by atoms with van der Waals surface area (Å²) in [6.07, 6.45) is 0.625. The Morgan fingerprint density at radius 3 is 2.43 bits per heavy atom. The molecule has 0 fully saturated rings. The van der Waals surface area contributed by atoms with Gasteiger partial charge in [-0.1, -0.05) is 37.3 Å². The minimum atomic E-state index is -0.887. The van der Waals surface area contributed by atoms with Gasteiger partial charge in [0.05, 0.1) is 12.1 Å². The van der Waals surface area contributed by atoms with Gasteiger partial charge in [-0.05, 0) is 24.1 Å². The van der Waals surface area contributed by atoms with Gasteiger partial charge in [-0.25, -0.2) is 8.78 Å². The summed E-state index contributed by atoms with van der Waals surface area (Å²) in [7, 11) is 1.57. The molecule has 0 radical (unpaired) electrons. The Morgan fingerprint density at radius 1 is 1.17 bits per heavy atom. The Kier molecular flexibility index (Phi) is 5.45. The van der Waals surface area contributed by atoms with Crippen molar-refractivity contribution in [1.29, 1.82) is 0 Å². The monoisotopic (exact) mass is 319 g/mol. The van der Waals surface area contributed by atoms with Crippen molar-refractivity contribution in [2.24, 2.45) is 0 Å². The predicted octanol–water partition coefficient (Wildman–Crippen LogP) is 3.65. The summed E-state index contributed by atoms with van der Waals surface area (Å²) in [5.41, 5.74) is 0.0263. The Bertz CT molecular complexity index is 670. The summed E-state index contributed by atoms with van der Waals surface area (Å²) >= 11 is 0. The molecule has 1 unspecified atom stereocenters. The lowest BCUT2D eigenvalue weighted by atomic mass is 9.90. The maximum Gasteiger partial charge on any atom is 0.254 e.